The van der Waals surface area contributed by atoms with Gasteiger partial charge in [0.1, 0.15) is 0 Å². The molecule has 0 aliphatic rings. The molecule has 0 heterocycles. The van der Waals surface area contributed by atoms with Crippen LogP contribution in [0.25, 0.3) is 0 Å². The van der Waals surface area contributed by atoms with Gasteiger partial charge in [0.05, 0.1) is 0 Å². The number of unbranched alkanes of at least 4 members (excludes halogenated alkanes) is 5. The van der Waals surface area contributed by atoms with Crippen LogP contribution in [0.1, 0.15) is 65.2 Å². The lowest BCUT2D eigenvalue weighted by Crippen LogP contribution is -1.82. The molecule has 0 aromatic carbocycles. The van der Waals surface area contributed by atoms with Gasteiger partial charge >= 0.3 is 0 Å². The van der Waals surface area contributed by atoms with E-state index in [2.05, 4.69) is 25.8 Å². The Morgan fingerprint density at radius 1 is 1.07 bits per heavy atom. The first kappa shape index (κ1) is 13.3. The van der Waals surface area contributed by atoms with Crippen molar-refractivity contribution in [2.75, 3.05) is 0 Å². The molecule has 0 aliphatic heterocycles. The molecule has 0 aliphatic carbocycles. The second kappa shape index (κ2) is 10.4. The van der Waals surface area contributed by atoms with Gasteiger partial charge in [-0.25, -0.2) is 0 Å². The zero-order chi connectivity index (χ0) is 10.6. The molecule has 0 spiro atoms. The minimum absolute atomic E-state index is 1.11. The highest BCUT2D eigenvalue weighted by Gasteiger charge is 1.92. The fourth-order valence-electron chi connectivity index (χ4n) is 1.47. The van der Waals surface area contributed by atoms with Gasteiger partial charge < -0.3 is 0 Å². The lowest BCUT2D eigenvalue weighted by atomic mass is 10.1. The highest BCUT2D eigenvalue weighted by Crippen LogP contribution is 2.10. The second-order valence-corrected chi connectivity index (χ2v) is 3.83. The summed E-state index contributed by atoms with van der Waals surface area (Å²) >= 11 is 0. The minimum atomic E-state index is 1.11. The van der Waals surface area contributed by atoms with Crippen LogP contribution >= 0.6 is 0 Å². The van der Waals surface area contributed by atoms with Crippen LogP contribution in [0.3, 0.4) is 0 Å². The van der Waals surface area contributed by atoms with Crippen molar-refractivity contribution in [3.05, 3.63) is 11.6 Å². The highest BCUT2D eigenvalue weighted by molar-refractivity contribution is 5.24. The maximum atomic E-state index is 5.45. The lowest BCUT2D eigenvalue weighted by Gasteiger charge is -1.99. The van der Waals surface area contributed by atoms with Crippen molar-refractivity contribution in [3.8, 4) is 12.3 Å². The Morgan fingerprint density at radius 3 is 2.29 bits per heavy atom. The first-order chi connectivity index (χ1) is 6.85. The molecule has 0 bridgehead atoms. The van der Waals surface area contributed by atoms with Gasteiger partial charge in [-0.2, -0.15) is 0 Å². The first-order valence-corrected chi connectivity index (χ1v) is 6.00. The van der Waals surface area contributed by atoms with Crippen molar-refractivity contribution >= 4 is 0 Å². The summed E-state index contributed by atoms with van der Waals surface area (Å²) in [6, 6.07) is 0. The standard InChI is InChI=1S/C14H24/c1-4-7-9-11-13-14(6-3)12-10-8-5-2/h3,13H,4-5,7-12H2,1-2H3. The summed E-state index contributed by atoms with van der Waals surface area (Å²) in [6.45, 7) is 4.45. The van der Waals surface area contributed by atoms with E-state index in [1.165, 1.54) is 50.5 Å². The average Bonchev–Trinajstić information content (AvgIpc) is 2.22. The largest absolute Gasteiger partial charge is 0.115 e. The van der Waals surface area contributed by atoms with E-state index in [9.17, 15) is 0 Å². The van der Waals surface area contributed by atoms with Crippen LogP contribution in [0, 0.1) is 12.3 Å². The monoisotopic (exact) mass is 192 g/mol. The zero-order valence-electron chi connectivity index (χ0n) is 9.81. The third-order valence-corrected chi connectivity index (χ3v) is 2.43. The molecule has 0 radical (unpaired) electrons. The molecule has 80 valence electrons. The fraction of sp³-hybridized carbons (Fsp3) is 0.714. The van der Waals surface area contributed by atoms with Crippen LogP contribution in [0.5, 0.6) is 0 Å². The number of allylic oxidation sites excluding steroid dienone is 2. The summed E-state index contributed by atoms with van der Waals surface area (Å²) in [6.07, 6.45) is 17.7. The smallest absolute Gasteiger partial charge is 0.00223 e. The molecule has 0 saturated carbocycles. The van der Waals surface area contributed by atoms with E-state index in [1.54, 1.807) is 0 Å². The molecule has 0 atom stereocenters. The molecule has 0 amide bonds. The lowest BCUT2D eigenvalue weighted by molar-refractivity contribution is 0.708. The summed E-state index contributed by atoms with van der Waals surface area (Å²) in [5.74, 6) is 2.80. The summed E-state index contributed by atoms with van der Waals surface area (Å²) in [5, 5.41) is 0. The predicted octanol–water partition coefficient (Wildman–Crippen LogP) is 4.71. The number of terminal acetylenes is 1. The highest BCUT2D eigenvalue weighted by atomic mass is 14.0. The molecule has 0 rings (SSSR count). The first-order valence-electron chi connectivity index (χ1n) is 6.00. The quantitative estimate of drug-likeness (QED) is 0.386. The Hall–Kier alpha value is -0.700. The van der Waals surface area contributed by atoms with E-state index in [4.69, 9.17) is 6.42 Å². The van der Waals surface area contributed by atoms with Gasteiger partial charge in [0.25, 0.3) is 0 Å². The Balaban J connectivity index is 3.60. The van der Waals surface area contributed by atoms with Gasteiger partial charge in [0, 0.05) is 0 Å². The summed E-state index contributed by atoms with van der Waals surface area (Å²) in [7, 11) is 0. The Morgan fingerprint density at radius 2 is 1.71 bits per heavy atom. The van der Waals surface area contributed by atoms with E-state index in [0.29, 0.717) is 0 Å². The summed E-state index contributed by atoms with van der Waals surface area (Å²) in [5.41, 5.74) is 1.22. The van der Waals surface area contributed by atoms with Crippen molar-refractivity contribution in [2.45, 2.75) is 65.2 Å². The molecule has 0 aromatic rings. The molecule has 0 unspecified atom stereocenters. The van der Waals surface area contributed by atoms with Crippen molar-refractivity contribution in [1.29, 1.82) is 0 Å². The van der Waals surface area contributed by atoms with Crippen LogP contribution in [0.15, 0.2) is 11.6 Å². The van der Waals surface area contributed by atoms with Crippen LogP contribution < -0.4 is 0 Å². The van der Waals surface area contributed by atoms with E-state index < -0.39 is 0 Å². The van der Waals surface area contributed by atoms with Gasteiger partial charge in [0.2, 0.25) is 0 Å². The third-order valence-electron chi connectivity index (χ3n) is 2.43. The maximum absolute atomic E-state index is 5.45. The van der Waals surface area contributed by atoms with Crippen molar-refractivity contribution < 1.29 is 0 Å². The normalized spacial score (nSPS) is 11.4. The predicted molar refractivity (Wildman–Crippen MR) is 65.2 cm³/mol. The summed E-state index contributed by atoms with van der Waals surface area (Å²) in [4.78, 5) is 0. The van der Waals surface area contributed by atoms with E-state index in [0.717, 1.165) is 6.42 Å². The molecule has 0 aromatic heterocycles. The van der Waals surface area contributed by atoms with Crippen LogP contribution in [0.4, 0.5) is 0 Å². The molecule has 0 N–H and O–H groups in total. The van der Waals surface area contributed by atoms with Gasteiger partial charge in [-0.1, -0.05) is 51.5 Å². The Bertz CT molecular complexity index is 181. The van der Waals surface area contributed by atoms with Crippen LogP contribution in [-0.4, -0.2) is 0 Å². The SMILES string of the molecule is C#CC(=CCCCCC)CCCCC. The Kier molecular flexibility index (Phi) is 9.86. The minimum Gasteiger partial charge on any atom is -0.115 e. The number of hydrogen-bond acceptors (Lipinski definition) is 0. The second-order valence-electron chi connectivity index (χ2n) is 3.83. The van der Waals surface area contributed by atoms with E-state index in [1.807, 2.05) is 0 Å². The van der Waals surface area contributed by atoms with Crippen LogP contribution in [-0.2, 0) is 0 Å². The average molecular weight is 192 g/mol. The molecular weight excluding hydrogens is 168 g/mol. The number of hydrogen-bond donors (Lipinski definition) is 0. The van der Waals surface area contributed by atoms with Crippen molar-refractivity contribution in [3.63, 3.8) is 0 Å². The summed E-state index contributed by atoms with van der Waals surface area (Å²) < 4.78 is 0. The molecule has 0 heteroatoms. The third kappa shape index (κ3) is 7.92. The van der Waals surface area contributed by atoms with Crippen molar-refractivity contribution in [1.82, 2.24) is 0 Å². The van der Waals surface area contributed by atoms with E-state index in [-0.39, 0.29) is 0 Å². The number of rotatable bonds is 8. The fourth-order valence-corrected chi connectivity index (χ4v) is 1.47. The van der Waals surface area contributed by atoms with Crippen LogP contribution in [0.2, 0.25) is 0 Å². The van der Waals surface area contributed by atoms with Gasteiger partial charge in [-0.3, -0.25) is 0 Å². The zero-order valence-corrected chi connectivity index (χ0v) is 9.81. The van der Waals surface area contributed by atoms with Gasteiger partial charge in [-0.15, -0.1) is 6.42 Å². The Labute approximate surface area is 89.8 Å². The molecule has 14 heavy (non-hydrogen) atoms. The van der Waals surface area contributed by atoms with Gasteiger partial charge in [-0.05, 0) is 31.3 Å². The molecule has 0 saturated heterocycles. The molecular formula is C14H24. The maximum Gasteiger partial charge on any atom is -0.00223 e. The molecule has 0 nitrogen and oxygen atoms in total. The van der Waals surface area contributed by atoms with E-state index >= 15 is 0 Å². The molecule has 0 fully saturated rings. The van der Waals surface area contributed by atoms with Gasteiger partial charge in [0.15, 0.2) is 0 Å². The topological polar surface area (TPSA) is 0 Å². The van der Waals surface area contributed by atoms with Crippen molar-refractivity contribution in [2.24, 2.45) is 0 Å².